The number of para-hydroxylation sites is 1. The number of fused-ring (bicyclic) bond motifs is 1. The van der Waals surface area contributed by atoms with Crippen LogP contribution in [0.1, 0.15) is 16.1 Å². The third-order valence-electron chi connectivity index (χ3n) is 3.97. The van der Waals surface area contributed by atoms with Crippen LogP contribution < -0.4 is 10.4 Å². The highest BCUT2D eigenvalue weighted by Gasteiger charge is 2.13. The van der Waals surface area contributed by atoms with Crippen molar-refractivity contribution in [2.45, 2.75) is 0 Å². The number of pyridine rings is 2. The lowest BCUT2D eigenvalue weighted by atomic mass is 10.0. The molecule has 0 spiro atoms. The van der Waals surface area contributed by atoms with Crippen molar-refractivity contribution in [2.24, 2.45) is 5.10 Å². The molecule has 0 aliphatic heterocycles. The molecule has 3 aromatic heterocycles. The summed E-state index contributed by atoms with van der Waals surface area (Å²) in [4.78, 5) is 23.4. The highest BCUT2D eigenvalue weighted by molar-refractivity contribution is 6.07. The summed E-state index contributed by atoms with van der Waals surface area (Å²) in [5.41, 5.74) is 6.35. The zero-order valence-electron chi connectivity index (χ0n) is 13.8. The molecule has 0 aliphatic rings. The van der Waals surface area contributed by atoms with E-state index in [1.165, 1.54) is 0 Å². The van der Waals surface area contributed by atoms with Crippen LogP contribution in [0.3, 0.4) is 0 Å². The Balaban J connectivity index is 1.72. The molecule has 0 atom stereocenters. The number of rotatable bonds is 4. The Bertz CT molecular complexity index is 1070. The van der Waals surface area contributed by atoms with E-state index in [0.717, 1.165) is 27.9 Å². The molecule has 1 amide bonds. The van der Waals surface area contributed by atoms with Gasteiger partial charge in [-0.1, -0.05) is 18.2 Å². The summed E-state index contributed by atoms with van der Waals surface area (Å²) in [7, 11) is 0. The SMILES string of the molecule is O=C(NN=Cc1ccc[nH]1)c1cc(-c2cc[nH+]cc2)nc2ccccc12. The lowest BCUT2D eigenvalue weighted by Gasteiger charge is -2.08. The summed E-state index contributed by atoms with van der Waals surface area (Å²) in [5.74, 6) is -0.282. The summed E-state index contributed by atoms with van der Waals surface area (Å²) in [6.07, 6.45) is 7.01. The minimum atomic E-state index is -0.282. The standard InChI is InChI=1S/C20H15N5O/c26-20(25-23-13-15-4-3-9-22-15)17-12-19(14-7-10-21-11-8-14)24-18-6-2-1-5-16(17)18/h1-13,22H,(H,25,26)/p+1. The molecule has 0 radical (unpaired) electrons. The highest BCUT2D eigenvalue weighted by atomic mass is 16.2. The quantitative estimate of drug-likeness (QED) is 0.441. The molecule has 26 heavy (non-hydrogen) atoms. The van der Waals surface area contributed by atoms with Crippen LogP contribution in [-0.4, -0.2) is 22.1 Å². The highest BCUT2D eigenvalue weighted by Crippen LogP contribution is 2.24. The first-order valence-corrected chi connectivity index (χ1v) is 8.14. The van der Waals surface area contributed by atoms with Gasteiger partial charge in [0, 0.05) is 29.3 Å². The van der Waals surface area contributed by atoms with Crippen molar-refractivity contribution < 1.29 is 9.78 Å². The summed E-state index contributed by atoms with van der Waals surface area (Å²) in [5, 5.41) is 4.80. The van der Waals surface area contributed by atoms with Crippen LogP contribution in [0.25, 0.3) is 22.2 Å². The van der Waals surface area contributed by atoms with Crippen molar-refractivity contribution in [2.75, 3.05) is 0 Å². The summed E-state index contributed by atoms with van der Waals surface area (Å²) in [6.45, 7) is 0. The molecule has 6 nitrogen and oxygen atoms in total. The third kappa shape index (κ3) is 3.21. The Hall–Kier alpha value is -3.80. The maximum absolute atomic E-state index is 12.7. The Kier molecular flexibility index (Phi) is 4.22. The molecule has 6 heteroatoms. The molecule has 0 fully saturated rings. The smallest absolute Gasteiger partial charge is 0.272 e. The van der Waals surface area contributed by atoms with E-state index < -0.39 is 0 Å². The molecule has 0 saturated carbocycles. The molecular formula is C20H16N5O+. The van der Waals surface area contributed by atoms with Crippen LogP contribution in [0.5, 0.6) is 0 Å². The molecule has 0 saturated heterocycles. The van der Waals surface area contributed by atoms with Gasteiger partial charge in [0.15, 0.2) is 12.4 Å². The van der Waals surface area contributed by atoms with Gasteiger partial charge in [-0.25, -0.2) is 15.4 Å². The van der Waals surface area contributed by atoms with Gasteiger partial charge in [0.05, 0.1) is 28.7 Å². The van der Waals surface area contributed by atoms with Crippen molar-refractivity contribution in [3.8, 4) is 11.3 Å². The number of H-pyrrole nitrogens is 2. The predicted octanol–water partition coefficient (Wildman–Crippen LogP) is 2.81. The Morgan fingerprint density at radius 3 is 2.77 bits per heavy atom. The number of benzene rings is 1. The fourth-order valence-electron chi connectivity index (χ4n) is 2.71. The Morgan fingerprint density at radius 1 is 1.12 bits per heavy atom. The molecule has 1 aromatic carbocycles. The minimum absolute atomic E-state index is 0.282. The van der Waals surface area contributed by atoms with Gasteiger partial charge in [0.2, 0.25) is 0 Å². The van der Waals surface area contributed by atoms with E-state index in [2.05, 4.69) is 25.5 Å². The van der Waals surface area contributed by atoms with Gasteiger partial charge in [0.1, 0.15) is 0 Å². The van der Waals surface area contributed by atoms with E-state index in [0.29, 0.717) is 5.56 Å². The molecular weight excluding hydrogens is 326 g/mol. The minimum Gasteiger partial charge on any atom is -0.360 e. The molecule has 3 heterocycles. The fourth-order valence-corrected chi connectivity index (χ4v) is 2.71. The van der Waals surface area contributed by atoms with Gasteiger partial charge in [-0.05, 0) is 24.3 Å². The van der Waals surface area contributed by atoms with E-state index in [1.54, 1.807) is 18.5 Å². The first-order valence-electron chi connectivity index (χ1n) is 8.14. The zero-order chi connectivity index (χ0) is 17.8. The van der Waals surface area contributed by atoms with Gasteiger partial charge in [-0.2, -0.15) is 5.10 Å². The van der Waals surface area contributed by atoms with E-state index in [4.69, 9.17) is 0 Å². The van der Waals surface area contributed by atoms with Gasteiger partial charge in [-0.15, -0.1) is 0 Å². The van der Waals surface area contributed by atoms with Crippen molar-refractivity contribution in [1.29, 1.82) is 0 Å². The number of aromatic amines is 2. The number of carbonyl (C=O) groups is 1. The summed E-state index contributed by atoms with van der Waals surface area (Å²) < 4.78 is 0. The normalized spacial score (nSPS) is 11.1. The number of aromatic nitrogens is 3. The Labute approximate surface area is 149 Å². The third-order valence-corrected chi connectivity index (χ3v) is 3.97. The predicted molar refractivity (Wildman–Crippen MR) is 99.6 cm³/mol. The first kappa shape index (κ1) is 15.7. The summed E-state index contributed by atoms with van der Waals surface area (Å²) >= 11 is 0. The van der Waals surface area contributed by atoms with Gasteiger partial charge in [-0.3, -0.25) is 4.79 Å². The molecule has 4 aromatic rings. The number of hydrogen-bond donors (Lipinski definition) is 2. The lowest BCUT2D eigenvalue weighted by molar-refractivity contribution is -0.377. The van der Waals surface area contributed by atoms with Gasteiger partial charge < -0.3 is 4.98 Å². The molecule has 3 N–H and O–H groups in total. The second-order valence-corrected chi connectivity index (χ2v) is 5.69. The van der Waals surface area contributed by atoms with Crippen LogP contribution in [0.2, 0.25) is 0 Å². The molecule has 0 aliphatic carbocycles. The molecule has 126 valence electrons. The van der Waals surface area contributed by atoms with Crippen LogP contribution in [0.4, 0.5) is 0 Å². The number of carbonyl (C=O) groups excluding carboxylic acids is 1. The number of nitrogens with one attached hydrogen (secondary N) is 3. The molecule has 4 rings (SSSR count). The first-order chi connectivity index (χ1) is 12.8. The van der Waals surface area contributed by atoms with E-state index in [9.17, 15) is 4.79 Å². The average Bonchev–Trinajstić information content (AvgIpc) is 3.21. The maximum Gasteiger partial charge on any atom is 0.272 e. The Morgan fingerprint density at radius 2 is 1.96 bits per heavy atom. The summed E-state index contributed by atoms with van der Waals surface area (Å²) in [6, 6.07) is 16.9. The second-order valence-electron chi connectivity index (χ2n) is 5.69. The largest absolute Gasteiger partial charge is 0.360 e. The van der Waals surface area contributed by atoms with Crippen molar-refractivity contribution >= 4 is 23.0 Å². The molecule has 0 bridgehead atoms. The fraction of sp³-hybridized carbons (Fsp3) is 0. The van der Waals surface area contributed by atoms with E-state index in [-0.39, 0.29) is 5.91 Å². The van der Waals surface area contributed by atoms with Crippen LogP contribution in [-0.2, 0) is 0 Å². The molecule has 0 unspecified atom stereocenters. The van der Waals surface area contributed by atoms with Gasteiger partial charge >= 0.3 is 0 Å². The van der Waals surface area contributed by atoms with Crippen LogP contribution in [0.15, 0.2) is 78.3 Å². The van der Waals surface area contributed by atoms with Crippen LogP contribution >= 0.6 is 0 Å². The lowest BCUT2D eigenvalue weighted by Crippen LogP contribution is -2.18. The zero-order valence-corrected chi connectivity index (χ0v) is 13.8. The van der Waals surface area contributed by atoms with Crippen LogP contribution in [0, 0.1) is 0 Å². The monoisotopic (exact) mass is 342 g/mol. The number of hydrogen-bond acceptors (Lipinski definition) is 3. The number of hydrazone groups is 1. The topological polar surface area (TPSA) is 84.3 Å². The van der Waals surface area contributed by atoms with Crippen molar-refractivity contribution in [3.05, 3.63) is 84.4 Å². The second kappa shape index (κ2) is 6.98. The van der Waals surface area contributed by atoms with Crippen molar-refractivity contribution in [3.63, 3.8) is 0 Å². The van der Waals surface area contributed by atoms with E-state index >= 15 is 0 Å². The number of amides is 1. The van der Waals surface area contributed by atoms with Gasteiger partial charge in [0.25, 0.3) is 5.91 Å². The maximum atomic E-state index is 12.7. The average molecular weight is 342 g/mol. The number of nitrogens with zero attached hydrogens (tertiary/aromatic N) is 2. The van der Waals surface area contributed by atoms with Crippen molar-refractivity contribution in [1.82, 2.24) is 15.4 Å². The van der Waals surface area contributed by atoms with E-state index in [1.807, 2.05) is 60.9 Å².